The van der Waals surface area contributed by atoms with E-state index in [0.717, 1.165) is 0 Å². The fourth-order valence-electron chi connectivity index (χ4n) is 2.41. The number of esters is 1. The fourth-order valence-corrected chi connectivity index (χ4v) is 2.41. The lowest BCUT2D eigenvalue weighted by Gasteiger charge is -2.17. The highest BCUT2D eigenvalue weighted by Gasteiger charge is 2.21. The predicted molar refractivity (Wildman–Crippen MR) is 114 cm³/mol. The third kappa shape index (κ3) is 7.16. The molecular weight excluding hydrogens is 384 g/mol. The number of hydrogen-bond donors (Lipinski definition) is 2. The summed E-state index contributed by atoms with van der Waals surface area (Å²) in [4.78, 5) is 47.2. The third-order valence-electron chi connectivity index (χ3n) is 4.13. The van der Waals surface area contributed by atoms with Crippen LogP contribution in [0, 0.1) is 5.41 Å². The van der Waals surface area contributed by atoms with Crippen LogP contribution in [0.2, 0.25) is 0 Å². The van der Waals surface area contributed by atoms with Gasteiger partial charge in [0.25, 0.3) is 0 Å². The lowest BCUT2D eigenvalue weighted by Crippen LogP contribution is -2.27. The van der Waals surface area contributed by atoms with Crippen molar-refractivity contribution >= 4 is 34.9 Å². The molecule has 0 aliphatic carbocycles. The second kappa shape index (κ2) is 9.82. The van der Waals surface area contributed by atoms with Gasteiger partial charge in [-0.05, 0) is 42.0 Å². The minimum Gasteiger partial charge on any atom is -0.457 e. The number of carbonyl (C=O) groups excluding carboxylic acids is 4. The number of benzene rings is 2. The number of rotatable bonds is 7. The van der Waals surface area contributed by atoms with E-state index < -0.39 is 11.4 Å². The van der Waals surface area contributed by atoms with E-state index in [-0.39, 0.29) is 30.6 Å². The molecule has 2 rings (SSSR count). The molecule has 2 N–H and O–H groups in total. The molecule has 0 saturated heterocycles. The molecule has 0 fully saturated rings. The second-order valence-corrected chi connectivity index (χ2v) is 7.92. The van der Waals surface area contributed by atoms with Gasteiger partial charge in [-0.1, -0.05) is 32.9 Å². The highest BCUT2D eigenvalue weighted by Crippen LogP contribution is 2.18. The molecule has 0 bridgehead atoms. The molecule has 0 heterocycles. The van der Waals surface area contributed by atoms with E-state index >= 15 is 0 Å². The van der Waals surface area contributed by atoms with Crippen LogP contribution in [0.25, 0.3) is 0 Å². The Morgan fingerprint density at radius 1 is 0.833 bits per heavy atom. The molecule has 0 aliphatic rings. The van der Waals surface area contributed by atoms with Gasteiger partial charge in [0.2, 0.25) is 11.8 Å². The van der Waals surface area contributed by atoms with E-state index in [4.69, 9.17) is 4.74 Å². The smallest absolute Gasteiger partial charge is 0.310 e. The summed E-state index contributed by atoms with van der Waals surface area (Å²) in [6.45, 7) is 6.48. The molecule has 2 aromatic carbocycles. The zero-order chi connectivity index (χ0) is 22.3. The largest absolute Gasteiger partial charge is 0.457 e. The van der Waals surface area contributed by atoms with Crippen LogP contribution in [0.3, 0.4) is 0 Å². The number of anilines is 2. The molecule has 0 unspecified atom stereocenters. The first-order valence-corrected chi connectivity index (χ1v) is 9.51. The van der Waals surface area contributed by atoms with Crippen LogP contribution in [-0.2, 0) is 25.5 Å². The van der Waals surface area contributed by atoms with Crippen LogP contribution < -0.4 is 10.6 Å². The normalized spacial score (nSPS) is 10.8. The van der Waals surface area contributed by atoms with Crippen molar-refractivity contribution in [3.63, 3.8) is 0 Å². The second-order valence-electron chi connectivity index (χ2n) is 7.92. The Balaban J connectivity index is 1.84. The van der Waals surface area contributed by atoms with Crippen LogP contribution in [0.5, 0.6) is 0 Å². The van der Waals surface area contributed by atoms with E-state index in [1.807, 2.05) is 20.8 Å². The zero-order valence-corrected chi connectivity index (χ0v) is 17.6. The SMILES string of the molecule is CC(=O)Nc1ccc(CC(=O)OCC(=O)c2ccc(NC(=O)C(C)(C)C)cc2)cc1. The molecule has 2 amide bonds. The maximum absolute atomic E-state index is 12.2. The van der Waals surface area contributed by atoms with Gasteiger partial charge in [0, 0.05) is 29.3 Å². The Hall–Kier alpha value is -3.48. The predicted octanol–water partition coefficient (Wildman–Crippen LogP) is 3.60. The summed E-state index contributed by atoms with van der Waals surface area (Å²) in [7, 11) is 0. The summed E-state index contributed by atoms with van der Waals surface area (Å²) in [5.74, 6) is -1.16. The molecule has 0 saturated carbocycles. The topological polar surface area (TPSA) is 102 Å². The van der Waals surface area contributed by atoms with Crippen molar-refractivity contribution in [3.05, 3.63) is 59.7 Å². The summed E-state index contributed by atoms with van der Waals surface area (Å²) in [5.41, 5.74) is 1.80. The van der Waals surface area contributed by atoms with Gasteiger partial charge in [-0.25, -0.2) is 0 Å². The maximum Gasteiger partial charge on any atom is 0.310 e. The fraction of sp³-hybridized carbons (Fsp3) is 0.304. The average Bonchev–Trinajstić information content (AvgIpc) is 2.67. The lowest BCUT2D eigenvalue weighted by atomic mass is 9.95. The van der Waals surface area contributed by atoms with Crippen molar-refractivity contribution in [3.8, 4) is 0 Å². The van der Waals surface area contributed by atoms with Gasteiger partial charge in [0.15, 0.2) is 12.4 Å². The Labute approximate surface area is 175 Å². The Bertz CT molecular complexity index is 926. The van der Waals surface area contributed by atoms with Gasteiger partial charge in [-0.2, -0.15) is 0 Å². The molecule has 0 atom stereocenters. The lowest BCUT2D eigenvalue weighted by molar-refractivity contribution is -0.141. The van der Waals surface area contributed by atoms with Crippen LogP contribution in [0.15, 0.2) is 48.5 Å². The number of carbonyl (C=O) groups is 4. The molecule has 0 aliphatic heterocycles. The molecule has 30 heavy (non-hydrogen) atoms. The minimum absolute atomic E-state index is 0.0193. The van der Waals surface area contributed by atoms with Crippen molar-refractivity contribution in [2.45, 2.75) is 34.1 Å². The number of nitrogens with one attached hydrogen (secondary N) is 2. The molecule has 0 radical (unpaired) electrons. The van der Waals surface area contributed by atoms with E-state index in [9.17, 15) is 19.2 Å². The van der Waals surface area contributed by atoms with Crippen LogP contribution in [-0.4, -0.2) is 30.2 Å². The van der Waals surface area contributed by atoms with E-state index in [1.54, 1.807) is 48.5 Å². The Morgan fingerprint density at radius 2 is 1.37 bits per heavy atom. The summed E-state index contributed by atoms with van der Waals surface area (Å²) < 4.78 is 5.07. The van der Waals surface area contributed by atoms with Gasteiger partial charge in [0.05, 0.1) is 6.42 Å². The summed E-state index contributed by atoms with van der Waals surface area (Å²) in [5, 5.41) is 5.42. The molecule has 0 aromatic heterocycles. The van der Waals surface area contributed by atoms with Crippen LogP contribution in [0.1, 0.15) is 43.6 Å². The first-order chi connectivity index (χ1) is 14.0. The van der Waals surface area contributed by atoms with Gasteiger partial charge < -0.3 is 15.4 Å². The number of Topliss-reactive ketones (excluding diaryl/α,β-unsaturated/α-hetero) is 1. The standard InChI is InChI=1S/C23H26N2O5/c1-15(26)24-18-9-5-16(6-10-18)13-21(28)30-14-20(27)17-7-11-19(12-8-17)25-22(29)23(2,3)4/h5-12H,13-14H2,1-4H3,(H,24,26)(H,25,29). The van der Waals surface area contributed by atoms with Crippen LogP contribution in [0.4, 0.5) is 11.4 Å². The maximum atomic E-state index is 12.2. The number of amides is 2. The van der Waals surface area contributed by atoms with Crippen molar-refractivity contribution < 1.29 is 23.9 Å². The summed E-state index contributed by atoms with van der Waals surface area (Å²) in [6, 6.07) is 13.2. The van der Waals surface area contributed by atoms with Gasteiger partial charge >= 0.3 is 5.97 Å². The minimum atomic E-state index is -0.523. The highest BCUT2D eigenvalue weighted by atomic mass is 16.5. The van der Waals surface area contributed by atoms with E-state index in [0.29, 0.717) is 22.5 Å². The first-order valence-electron chi connectivity index (χ1n) is 9.51. The quantitative estimate of drug-likeness (QED) is 0.536. The van der Waals surface area contributed by atoms with Gasteiger partial charge in [-0.15, -0.1) is 0 Å². The van der Waals surface area contributed by atoms with E-state index in [2.05, 4.69) is 10.6 Å². The molecule has 7 nitrogen and oxygen atoms in total. The molecule has 158 valence electrons. The highest BCUT2D eigenvalue weighted by molar-refractivity contribution is 5.99. The number of ether oxygens (including phenoxy) is 1. The number of ketones is 1. The molecular formula is C23H26N2O5. The van der Waals surface area contributed by atoms with Crippen molar-refractivity contribution in [1.29, 1.82) is 0 Å². The van der Waals surface area contributed by atoms with Crippen molar-refractivity contribution in [2.75, 3.05) is 17.2 Å². The van der Waals surface area contributed by atoms with Crippen molar-refractivity contribution in [1.82, 2.24) is 0 Å². The van der Waals surface area contributed by atoms with Gasteiger partial charge in [-0.3, -0.25) is 19.2 Å². The Morgan fingerprint density at radius 3 is 1.90 bits per heavy atom. The van der Waals surface area contributed by atoms with Crippen molar-refractivity contribution in [2.24, 2.45) is 5.41 Å². The average molecular weight is 410 g/mol. The van der Waals surface area contributed by atoms with Crippen LogP contribution >= 0.6 is 0 Å². The summed E-state index contributed by atoms with van der Waals surface area (Å²) in [6.07, 6.45) is 0.0193. The van der Waals surface area contributed by atoms with Gasteiger partial charge in [0.1, 0.15) is 0 Å². The monoisotopic (exact) mass is 410 g/mol. The first kappa shape index (κ1) is 22.8. The molecule has 7 heteroatoms. The number of hydrogen-bond acceptors (Lipinski definition) is 5. The third-order valence-corrected chi connectivity index (χ3v) is 4.13. The zero-order valence-electron chi connectivity index (χ0n) is 17.6. The molecule has 0 spiro atoms. The molecule has 2 aromatic rings. The Kier molecular flexibility index (Phi) is 7.47. The van der Waals surface area contributed by atoms with E-state index in [1.165, 1.54) is 6.92 Å². The summed E-state index contributed by atoms with van der Waals surface area (Å²) >= 11 is 0.